The molecule has 0 fully saturated rings. The minimum Gasteiger partial charge on any atom is -0.398 e. The zero-order valence-corrected chi connectivity index (χ0v) is 11.8. The predicted molar refractivity (Wildman–Crippen MR) is 79.4 cm³/mol. The third-order valence-corrected chi connectivity index (χ3v) is 4.30. The zero-order chi connectivity index (χ0) is 13.7. The SMILES string of the molecule is COCCCS(=O)Cc1ccc(N)c2cccnc12. The summed E-state index contributed by atoms with van der Waals surface area (Å²) in [6.45, 7) is 0.645. The van der Waals surface area contributed by atoms with Crippen LogP contribution < -0.4 is 5.73 Å². The van der Waals surface area contributed by atoms with E-state index in [1.54, 1.807) is 13.3 Å². The molecule has 1 aromatic carbocycles. The number of anilines is 1. The highest BCUT2D eigenvalue weighted by Gasteiger charge is 2.08. The van der Waals surface area contributed by atoms with Crippen LogP contribution in [-0.4, -0.2) is 28.7 Å². The van der Waals surface area contributed by atoms with Gasteiger partial charge in [0.15, 0.2) is 0 Å². The second-order valence-corrected chi connectivity index (χ2v) is 5.92. The van der Waals surface area contributed by atoms with Crippen LogP contribution in [0.2, 0.25) is 0 Å². The van der Waals surface area contributed by atoms with Crippen LogP contribution in [0.15, 0.2) is 30.5 Å². The van der Waals surface area contributed by atoms with Gasteiger partial charge in [-0.3, -0.25) is 9.19 Å². The summed E-state index contributed by atoms with van der Waals surface area (Å²) in [5.41, 5.74) is 8.46. The molecule has 0 aliphatic carbocycles. The molecule has 2 aromatic rings. The van der Waals surface area contributed by atoms with E-state index in [2.05, 4.69) is 4.98 Å². The Morgan fingerprint density at radius 1 is 1.37 bits per heavy atom. The minimum absolute atomic E-state index is 0.511. The molecule has 0 aliphatic rings. The van der Waals surface area contributed by atoms with Gasteiger partial charge < -0.3 is 10.5 Å². The summed E-state index contributed by atoms with van der Waals surface area (Å²) in [5.74, 6) is 1.16. The molecule has 2 rings (SSSR count). The number of nitrogens with zero attached hydrogens (tertiary/aromatic N) is 1. The first-order valence-electron chi connectivity index (χ1n) is 6.18. The zero-order valence-electron chi connectivity index (χ0n) is 11.0. The van der Waals surface area contributed by atoms with Gasteiger partial charge in [-0.25, -0.2) is 0 Å². The second-order valence-electron chi connectivity index (χ2n) is 4.35. The Balaban J connectivity index is 2.17. The van der Waals surface area contributed by atoms with Gasteiger partial charge in [0.1, 0.15) is 0 Å². The normalized spacial score (nSPS) is 12.7. The fourth-order valence-corrected chi connectivity index (χ4v) is 3.14. The van der Waals surface area contributed by atoms with Crippen LogP contribution in [0.4, 0.5) is 5.69 Å². The van der Waals surface area contributed by atoms with E-state index in [0.717, 1.165) is 22.9 Å². The molecule has 19 heavy (non-hydrogen) atoms. The van der Waals surface area contributed by atoms with Crippen LogP contribution in [-0.2, 0) is 21.3 Å². The lowest BCUT2D eigenvalue weighted by Crippen LogP contribution is -2.05. The summed E-state index contributed by atoms with van der Waals surface area (Å²) in [4.78, 5) is 4.35. The Bertz CT molecular complexity index is 587. The molecule has 1 atom stereocenters. The van der Waals surface area contributed by atoms with Crippen molar-refractivity contribution in [2.45, 2.75) is 12.2 Å². The Morgan fingerprint density at radius 2 is 2.21 bits per heavy atom. The lowest BCUT2D eigenvalue weighted by molar-refractivity contribution is 0.200. The van der Waals surface area contributed by atoms with Gasteiger partial charge in [-0.1, -0.05) is 6.07 Å². The summed E-state index contributed by atoms with van der Waals surface area (Å²) < 4.78 is 17.0. The van der Waals surface area contributed by atoms with Crippen molar-refractivity contribution in [1.29, 1.82) is 0 Å². The Labute approximate surface area is 115 Å². The molecular weight excluding hydrogens is 260 g/mol. The van der Waals surface area contributed by atoms with Crippen molar-refractivity contribution in [3.05, 3.63) is 36.0 Å². The van der Waals surface area contributed by atoms with E-state index in [1.165, 1.54) is 0 Å². The Morgan fingerprint density at radius 3 is 3.00 bits per heavy atom. The molecule has 5 heteroatoms. The molecule has 4 nitrogen and oxygen atoms in total. The molecule has 0 saturated carbocycles. The van der Waals surface area contributed by atoms with Crippen LogP contribution >= 0.6 is 0 Å². The average molecular weight is 278 g/mol. The maximum Gasteiger partial charge on any atom is 0.0763 e. The van der Waals surface area contributed by atoms with E-state index in [-0.39, 0.29) is 0 Å². The van der Waals surface area contributed by atoms with Crippen molar-refractivity contribution in [3.8, 4) is 0 Å². The molecule has 0 bridgehead atoms. The van der Waals surface area contributed by atoms with Crippen molar-refractivity contribution in [2.75, 3.05) is 25.2 Å². The van der Waals surface area contributed by atoms with Crippen molar-refractivity contribution in [3.63, 3.8) is 0 Å². The molecule has 0 radical (unpaired) electrons. The van der Waals surface area contributed by atoms with Crippen LogP contribution in [0.25, 0.3) is 10.9 Å². The van der Waals surface area contributed by atoms with E-state index in [1.807, 2.05) is 24.3 Å². The highest BCUT2D eigenvalue weighted by Crippen LogP contribution is 2.23. The number of nitrogen functional groups attached to an aromatic ring is 1. The molecule has 2 N–H and O–H groups in total. The van der Waals surface area contributed by atoms with Gasteiger partial charge in [-0.05, 0) is 30.2 Å². The van der Waals surface area contributed by atoms with Gasteiger partial charge in [0.2, 0.25) is 0 Å². The van der Waals surface area contributed by atoms with Crippen molar-refractivity contribution in [2.24, 2.45) is 0 Å². The summed E-state index contributed by atoms with van der Waals surface area (Å²) in [5, 5.41) is 0.925. The highest BCUT2D eigenvalue weighted by molar-refractivity contribution is 7.84. The maximum atomic E-state index is 12.0. The van der Waals surface area contributed by atoms with E-state index >= 15 is 0 Å². The number of ether oxygens (including phenoxy) is 1. The first-order valence-corrected chi connectivity index (χ1v) is 7.67. The number of benzene rings is 1. The van der Waals surface area contributed by atoms with Crippen molar-refractivity contribution in [1.82, 2.24) is 4.98 Å². The number of aromatic nitrogens is 1. The smallest absolute Gasteiger partial charge is 0.0763 e. The van der Waals surface area contributed by atoms with Crippen LogP contribution in [0.1, 0.15) is 12.0 Å². The van der Waals surface area contributed by atoms with Crippen LogP contribution in [0.5, 0.6) is 0 Å². The van der Waals surface area contributed by atoms with E-state index in [0.29, 0.717) is 23.8 Å². The van der Waals surface area contributed by atoms with Crippen LogP contribution in [0, 0.1) is 0 Å². The fourth-order valence-electron chi connectivity index (χ4n) is 1.98. The third-order valence-electron chi connectivity index (χ3n) is 2.92. The van der Waals surface area contributed by atoms with Gasteiger partial charge in [-0.15, -0.1) is 0 Å². The van der Waals surface area contributed by atoms with Crippen molar-refractivity contribution < 1.29 is 8.95 Å². The molecule has 1 heterocycles. The number of methoxy groups -OCH3 is 1. The molecule has 1 unspecified atom stereocenters. The standard InChI is InChI=1S/C14H18N2O2S/c1-18-8-3-9-19(17)10-11-5-6-13(15)12-4-2-7-16-14(11)12/h2,4-7H,3,8-10,15H2,1H3. The maximum absolute atomic E-state index is 12.0. The summed E-state index contributed by atoms with van der Waals surface area (Å²) in [6.07, 6.45) is 2.54. The van der Waals surface area contributed by atoms with Gasteiger partial charge >= 0.3 is 0 Å². The molecule has 0 spiro atoms. The Kier molecular flexibility index (Phi) is 4.87. The lowest BCUT2D eigenvalue weighted by atomic mass is 10.1. The number of rotatable bonds is 6. The number of nitrogens with two attached hydrogens (primary N) is 1. The van der Waals surface area contributed by atoms with Gasteiger partial charge in [0, 0.05) is 47.5 Å². The summed E-state index contributed by atoms with van der Waals surface area (Å²) in [7, 11) is 0.757. The second kappa shape index (κ2) is 6.63. The highest BCUT2D eigenvalue weighted by atomic mass is 32.2. The number of fused-ring (bicyclic) bond motifs is 1. The van der Waals surface area contributed by atoms with Gasteiger partial charge in [0.25, 0.3) is 0 Å². The number of pyridine rings is 1. The number of hydrogen-bond donors (Lipinski definition) is 1. The third kappa shape index (κ3) is 3.52. The molecule has 0 aliphatic heterocycles. The quantitative estimate of drug-likeness (QED) is 0.649. The molecular formula is C14H18N2O2S. The van der Waals surface area contributed by atoms with E-state index < -0.39 is 10.8 Å². The average Bonchev–Trinajstić information content (AvgIpc) is 2.43. The molecule has 0 saturated heterocycles. The lowest BCUT2D eigenvalue weighted by Gasteiger charge is -2.08. The predicted octanol–water partition coefficient (Wildman–Crippen LogP) is 2.10. The fraction of sp³-hybridized carbons (Fsp3) is 0.357. The first-order chi connectivity index (χ1) is 9.22. The Hall–Kier alpha value is -1.46. The summed E-state index contributed by atoms with van der Waals surface area (Å²) in [6, 6.07) is 7.57. The molecule has 0 amide bonds. The largest absolute Gasteiger partial charge is 0.398 e. The summed E-state index contributed by atoms with van der Waals surface area (Å²) >= 11 is 0. The first kappa shape index (κ1) is 14.0. The minimum atomic E-state index is -0.896. The van der Waals surface area contributed by atoms with E-state index in [9.17, 15) is 4.21 Å². The van der Waals surface area contributed by atoms with Gasteiger partial charge in [-0.2, -0.15) is 0 Å². The molecule has 102 valence electrons. The van der Waals surface area contributed by atoms with E-state index in [4.69, 9.17) is 10.5 Å². The van der Waals surface area contributed by atoms with Crippen molar-refractivity contribution >= 4 is 27.4 Å². The number of hydrogen-bond acceptors (Lipinski definition) is 4. The molecule has 1 aromatic heterocycles. The van der Waals surface area contributed by atoms with Gasteiger partial charge in [0.05, 0.1) is 11.3 Å². The topological polar surface area (TPSA) is 65.2 Å². The monoisotopic (exact) mass is 278 g/mol. The van der Waals surface area contributed by atoms with Crippen LogP contribution in [0.3, 0.4) is 0 Å².